The molecule has 6 nitrogen and oxygen atoms in total. The second-order valence-electron chi connectivity index (χ2n) is 4.97. The minimum atomic E-state index is -0.262. The van der Waals surface area contributed by atoms with E-state index in [9.17, 15) is 4.79 Å². The van der Waals surface area contributed by atoms with Crippen molar-refractivity contribution in [1.82, 2.24) is 0 Å². The first kappa shape index (κ1) is 18.2. The van der Waals surface area contributed by atoms with Crippen LogP contribution in [-0.2, 0) is 4.79 Å². The largest absolute Gasteiger partial charge is 0.497 e. The summed E-state index contributed by atoms with van der Waals surface area (Å²) in [6.07, 6.45) is 3.08. The van der Waals surface area contributed by atoms with Crippen molar-refractivity contribution < 1.29 is 23.7 Å². The Hall–Kier alpha value is -3.15. The number of anilines is 1. The predicted molar refractivity (Wildman–Crippen MR) is 96.8 cm³/mol. The number of carbonyl (C=O) groups excluding carboxylic acids is 1. The topological polar surface area (TPSA) is 66.0 Å². The lowest BCUT2D eigenvalue weighted by Gasteiger charge is -2.14. The van der Waals surface area contributed by atoms with Crippen molar-refractivity contribution in [3.05, 3.63) is 48.0 Å². The Morgan fingerprint density at radius 2 is 1.52 bits per heavy atom. The van der Waals surface area contributed by atoms with Crippen LogP contribution in [-0.4, -0.2) is 34.3 Å². The Labute approximate surface area is 147 Å². The average molecular weight is 343 g/mol. The summed E-state index contributed by atoms with van der Waals surface area (Å²) >= 11 is 0. The standard InChI is InChI=1S/C19H21NO5/c1-22-15-9-7-14(8-10-15)20-17(21)12-6-13-5-11-16(23-2)19(25-4)18(13)24-3/h5-12H,1-4H3,(H,20,21)/b12-6+. The minimum absolute atomic E-state index is 0.262. The van der Waals surface area contributed by atoms with E-state index in [-0.39, 0.29) is 5.91 Å². The second kappa shape index (κ2) is 8.63. The van der Waals surface area contributed by atoms with Crippen molar-refractivity contribution in [3.8, 4) is 23.0 Å². The number of amides is 1. The summed E-state index contributed by atoms with van der Waals surface area (Å²) in [5.74, 6) is 1.99. The number of benzene rings is 2. The first-order valence-electron chi connectivity index (χ1n) is 7.55. The van der Waals surface area contributed by atoms with Gasteiger partial charge in [-0.1, -0.05) is 0 Å². The van der Waals surface area contributed by atoms with Crippen LogP contribution >= 0.6 is 0 Å². The van der Waals surface area contributed by atoms with Gasteiger partial charge in [0.1, 0.15) is 5.75 Å². The molecule has 25 heavy (non-hydrogen) atoms. The molecule has 0 saturated carbocycles. The molecule has 0 unspecified atom stereocenters. The Morgan fingerprint density at radius 3 is 2.08 bits per heavy atom. The van der Waals surface area contributed by atoms with Crippen LogP contribution in [0.4, 0.5) is 5.69 Å². The lowest BCUT2D eigenvalue weighted by atomic mass is 10.1. The smallest absolute Gasteiger partial charge is 0.248 e. The third kappa shape index (κ3) is 4.44. The molecule has 0 atom stereocenters. The fourth-order valence-electron chi connectivity index (χ4n) is 2.28. The maximum Gasteiger partial charge on any atom is 0.248 e. The fraction of sp³-hybridized carbons (Fsp3) is 0.211. The van der Waals surface area contributed by atoms with Crippen LogP contribution in [0.25, 0.3) is 6.08 Å². The third-order valence-electron chi connectivity index (χ3n) is 3.51. The number of ether oxygens (including phenoxy) is 4. The summed E-state index contributed by atoms with van der Waals surface area (Å²) in [5, 5.41) is 2.77. The lowest BCUT2D eigenvalue weighted by molar-refractivity contribution is -0.111. The van der Waals surface area contributed by atoms with Crippen LogP contribution in [0.1, 0.15) is 5.56 Å². The van der Waals surface area contributed by atoms with E-state index in [0.717, 1.165) is 5.75 Å². The average Bonchev–Trinajstić information content (AvgIpc) is 2.65. The molecule has 0 fully saturated rings. The van der Waals surface area contributed by atoms with Crippen molar-refractivity contribution in [2.24, 2.45) is 0 Å². The zero-order valence-corrected chi connectivity index (χ0v) is 14.7. The molecule has 2 aromatic carbocycles. The summed E-state index contributed by atoms with van der Waals surface area (Å²) in [5.41, 5.74) is 1.37. The summed E-state index contributed by atoms with van der Waals surface area (Å²) < 4.78 is 21.0. The number of methoxy groups -OCH3 is 4. The molecular weight excluding hydrogens is 322 g/mol. The molecule has 0 heterocycles. The van der Waals surface area contributed by atoms with E-state index in [0.29, 0.717) is 28.5 Å². The number of rotatable bonds is 7. The normalized spacial score (nSPS) is 10.4. The number of nitrogens with one attached hydrogen (secondary N) is 1. The van der Waals surface area contributed by atoms with Crippen molar-refractivity contribution in [1.29, 1.82) is 0 Å². The van der Waals surface area contributed by atoms with Gasteiger partial charge in [0.2, 0.25) is 11.7 Å². The molecule has 0 bridgehead atoms. The van der Waals surface area contributed by atoms with Gasteiger partial charge in [0.25, 0.3) is 0 Å². The SMILES string of the molecule is COc1ccc(NC(=O)/C=C/c2ccc(OC)c(OC)c2OC)cc1. The molecule has 0 spiro atoms. The highest BCUT2D eigenvalue weighted by molar-refractivity contribution is 6.02. The van der Waals surface area contributed by atoms with Gasteiger partial charge in [-0.3, -0.25) is 4.79 Å². The zero-order chi connectivity index (χ0) is 18.2. The van der Waals surface area contributed by atoms with Crippen molar-refractivity contribution >= 4 is 17.7 Å². The van der Waals surface area contributed by atoms with E-state index in [1.165, 1.54) is 20.3 Å². The fourth-order valence-corrected chi connectivity index (χ4v) is 2.28. The van der Waals surface area contributed by atoms with Crippen LogP contribution < -0.4 is 24.3 Å². The number of carbonyl (C=O) groups is 1. The third-order valence-corrected chi connectivity index (χ3v) is 3.51. The van der Waals surface area contributed by atoms with Crippen LogP contribution in [0.5, 0.6) is 23.0 Å². The molecule has 1 N–H and O–H groups in total. The van der Waals surface area contributed by atoms with Gasteiger partial charge in [-0.15, -0.1) is 0 Å². The lowest BCUT2D eigenvalue weighted by Crippen LogP contribution is -2.07. The molecule has 6 heteroatoms. The summed E-state index contributed by atoms with van der Waals surface area (Å²) in [6.45, 7) is 0. The summed E-state index contributed by atoms with van der Waals surface area (Å²) in [7, 11) is 6.21. The Balaban J connectivity index is 2.15. The molecule has 0 saturated heterocycles. The zero-order valence-electron chi connectivity index (χ0n) is 14.7. The summed E-state index contributed by atoms with van der Waals surface area (Å²) in [6, 6.07) is 10.6. The molecular formula is C19H21NO5. The highest BCUT2D eigenvalue weighted by atomic mass is 16.5. The van der Waals surface area contributed by atoms with Gasteiger partial charge in [0.15, 0.2) is 11.5 Å². The first-order chi connectivity index (χ1) is 12.1. The van der Waals surface area contributed by atoms with Crippen LogP contribution in [0, 0.1) is 0 Å². The van der Waals surface area contributed by atoms with E-state index < -0.39 is 0 Å². The predicted octanol–water partition coefficient (Wildman–Crippen LogP) is 3.37. The minimum Gasteiger partial charge on any atom is -0.497 e. The van der Waals surface area contributed by atoms with E-state index >= 15 is 0 Å². The van der Waals surface area contributed by atoms with Gasteiger partial charge in [-0.2, -0.15) is 0 Å². The number of hydrogen-bond acceptors (Lipinski definition) is 5. The van der Waals surface area contributed by atoms with Crippen molar-refractivity contribution in [2.45, 2.75) is 0 Å². The van der Waals surface area contributed by atoms with E-state index in [4.69, 9.17) is 18.9 Å². The molecule has 0 aliphatic rings. The Morgan fingerprint density at radius 1 is 0.840 bits per heavy atom. The van der Waals surface area contributed by atoms with Gasteiger partial charge in [0.05, 0.1) is 28.4 Å². The maximum absolute atomic E-state index is 12.1. The molecule has 2 rings (SSSR count). The van der Waals surface area contributed by atoms with Crippen LogP contribution in [0.15, 0.2) is 42.5 Å². The van der Waals surface area contributed by atoms with Crippen molar-refractivity contribution in [2.75, 3.05) is 33.8 Å². The van der Waals surface area contributed by atoms with Gasteiger partial charge >= 0.3 is 0 Å². The Kier molecular flexibility index (Phi) is 6.28. The molecule has 2 aromatic rings. The van der Waals surface area contributed by atoms with Gasteiger partial charge < -0.3 is 24.3 Å². The second-order valence-corrected chi connectivity index (χ2v) is 4.97. The Bertz CT molecular complexity index is 753. The van der Waals surface area contributed by atoms with Crippen molar-refractivity contribution in [3.63, 3.8) is 0 Å². The molecule has 0 aromatic heterocycles. The monoisotopic (exact) mass is 343 g/mol. The first-order valence-corrected chi connectivity index (χ1v) is 7.55. The molecule has 0 aliphatic heterocycles. The van der Waals surface area contributed by atoms with E-state index in [2.05, 4.69) is 5.32 Å². The van der Waals surface area contributed by atoms with Gasteiger partial charge in [-0.05, 0) is 42.5 Å². The van der Waals surface area contributed by atoms with Crippen LogP contribution in [0.2, 0.25) is 0 Å². The highest BCUT2D eigenvalue weighted by Gasteiger charge is 2.14. The molecule has 132 valence electrons. The van der Waals surface area contributed by atoms with E-state index in [1.807, 2.05) is 0 Å². The summed E-state index contributed by atoms with van der Waals surface area (Å²) in [4.78, 5) is 12.1. The van der Waals surface area contributed by atoms with E-state index in [1.54, 1.807) is 56.7 Å². The maximum atomic E-state index is 12.1. The van der Waals surface area contributed by atoms with Crippen LogP contribution in [0.3, 0.4) is 0 Å². The molecule has 0 radical (unpaired) electrons. The molecule has 0 aliphatic carbocycles. The highest BCUT2D eigenvalue weighted by Crippen LogP contribution is 2.40. The number of hydrogen-bond donors (Lipinski definition) is 1. The van der Waals surface area contributed by atoms with Gasteiger partial charge in [0, 0.05) is 17.3 Å². The molecule has 1 amide bonds. The van der Waals surface area contributed by atoms with Gasteiger partial charge in [-0.25, -0.2) is 0 Å². The quantitative estimate of drug-likeness (QED) is 0.781.